The highest BCUT2D eigenvalue weighted by atomic mass is 32.2. The van der Waals surface area contributed by atoms with Crippen LogP contribution in [0.2, 0.25) is 0 Å². The normalized spacial score (nSPS) is 19.6. The molecule has 6 nitrogen and oxygen atoms in total. The average molecular weight is 344 g/mol. The summed E-state index contributed by atoms with van der Waals surface area (Å²) < 4.78 is 40.4. The average Bonchev–Trinajstić information content (AvgIpc) is 2.47. The second kappa shape index (κ2) is 7.85. The third-order valence-electron chi connectivity index (χ3n) is 3.80. The van der Waals surface area contributed by atoms with Crippen molar-refractivity contribution >= 4 is 16.0 Å². The number of carboxylic acid groups (broad SMARTS) is 1. The van der Waals surface area contributed by atoms with Gasteiger partial charge in [-0.05, 0) is 50.6 Å². The number of carboxylic acids is 1. The van der Waals surface area contributed by atoms with Crippen LogP contribution in [0.4, 0.5) is 4.39 Å². The Labute approximate surface area is 135 Å². The number of carbonyl (C=O) groups is 1. The van der Waals surface area contributed by atoms with E-state index in [1.165, 1.54) is 18.2 Å². The first-order valence-corrected chi connectivity index (χ1v) is 9.07. The highest BCUT2D eigenvalue weighted by molar-refractivity contribution is 7.89. The van der Waals surface area contributed by atoms with Gasteiger partial charge in [0, 0.05) is 19.0 Å². The fourth-order valence-electron chi connectivity index (χ4n) is 2.73. The van der Waals surface area contributed by atoms with E-state index in [9.17, 15) is 17.6 Å². The van der Waals surface area contributed by atoms with Gasteiger partial charge in [-0.1, -0.05) is 6.07 Å². The predicted octanol–water partition coefficient (Wildman–Crippen LogP) is 1.43. The summed E-state index contributed by atoms with van der Waals surface area (Å²) in [6.45, 7) is 2.00. The van der Waals surface area contributed by atoms with Crippen molar-refractivity contribution in [1.29, 1.82) is 0 Å². The number of likely N-dealkylation sites (tertiary alicyclic amines) is 1. The Morgan fingerprint density at radius 2 is 2.22 bits per heavy atom. The summed E-state index contributed by atoms with van der Waals surface area (Å²) in [6.07, 6.45) is 2.20. The van der Waals surface area contributed by atoms with Crippen molar-refractivity contribution in [3.8, 4) is 0 Å². The lowest BCUT2D eigenvalue weighted by molar-refractivity contribution is -0.137. The molecule has 2 rings (SSSR count). The fraction of sp³-hybridized carbons (Fsp3) is 0.533. The Morgan fingerprint density at radius 3 is 2.91 bits per heavy atom. The lowest BCUT2D eigenvalue weighted by Gasteiger charge is -2.32. The summed E-state index contributed by atoms with van der Waals surface area (Å²) in [5, 5.41) is 8.66. The molecule has 1 saturated heterocycles. The number of rotatable bonds is 7. The van der Waals surface area contributed by atoms with Crippen LogP contribution in [0.15, 0.2) is 29.2 Å². The number of nitrogens with zero attached hydrogens (tertiary/aromatic N) is 1. The zero-order valence-corrected chi connectivity index (χ0v) is 13.6. The standard InChI is InChI=1S/C15H21FN2O4S/c16-12-4-1-6-14(10-12)23(21,22)17-13-5-2-8-18(11-13)9-3-7-15(19)20/h1,4,6,10,13,17H,2-3,5,7-9,11H2,(H,19,20). The zero-order chi connectivity index (χ0) is 16.9. The first kappa shape index (κ1) is 17.8. The second-order valence-corrected chi connectivity index (χ2v) is 7.43. The van der Waals surface area contributed by atoms with Gasteiger partial charge in [0.25, 0.3) is 0 Å². The number of hydrogen-bond acceptors (Lipinski definition) is 4. The molecule has 1 atom stereocenters. The third kappa shape index (κ3) is 5.56. The van der Waals surface area contributed by atoms with Crippen LogP contribution >= 0.6 is 0 Å². The molecule has 1 fully saturated rings. The van der Waals surface area contributed by atoms with Gasteiger partial charge in [-0.15, -0.1) is 0 Å². The molecule has 1 heterocycles. The van der Waals surface area contributed by atoms with Crippen LogP contribution < -0.4 is 4.72 Å². The second-order valence-electron chi connectivity index (χ2n) is 5.72. The molecule has 0 radical (unpaired) electrons. The maximum Gasteiger partial charge on any atom is 0.303 e. The van der Waals surface area contributed by atoms with Crippen molar-refractivity contribution in [2.24, 2.45) is 0 Å². The summed E-state index contributed by atoms with van der Waals surface area (Å²) >= 11 is 0. The van der Waals surface area contributed by atoms with E-state index < -0.39 is 21.8 Å². The van der Waals surface area contributed by atoms with Crippen molar-refractivity contribution in [2.45, 2.75) is 36.6 Å². The van der Waals surface area contributed by atoms with Crippen molar-refractivity contribution in [2.75, 3.05) is 19.6 Å². The molecule has 1 aromatic rings. The number of sulfonamides is 1. The molecule has 1 unspecified atom stereocenters. The van der Waals surface area contributed by atoms with Crippen molar-refractivity contribution in [3.63, 3.8) is 0 Å². The monoisotopic (exact) mass is 344 g/mol. The van der Waals surface area contributed by atoms with Gasteiger partial charge >= 0.3 is 5.97 Å². The maximum atomic E-state index is 13.2. The predicted molar refractivity (Wildman–Crippen MR) is 83.1 cm³/mol. The zero-order valence-electron chi connectivity index (χ0n) is 12.7. The Morgan fingerprint density at radius 1 is 1.43 bits per heavy atom. The molecule has 0 aromatic heterocycles. The van der Waals surface area contributed by atoms with Gasteiger partial charge in [0.2, 0.25) is 10.0 Å². The minimum absolute atomic E-state index is 0.0829. The van der Waals surface area contributed by atoms with Gasteiger partial charge in [-0.2, -0.15) is 0 Å². The lowest BCUT2D eigenvalue weighted by Crippen LogP contribution is -2.47. The molecule has 1 aliphatic heterocycles. The van der Waals surface area contributed by atoms with Crippen molar-refractivity contribution in [3.05, 3.63) is 30.1 Å². The van der Waals surface area contributed by atoms with E-state index in [2.05, 4.69) is 9.62 Å². The summed E-state index contributed by atoms with van der Waals surface area (Å²) in [4.78, 5) is 12.5. The number of piperidine rings is 1. The first-order valence-electron chi connectivity index (χ1n) is 7.59. The maximum absolute atomic E-state index is 13.2. The molecule has 23 heavy (non-hydrogen) atoms. The number of hydrogen-bond donors (Lipinski definition) is 2. The van der Waals surface area contributed by atoms with Crippen molar-refractivity contribution < 1.29 is 22.7 Å². The van der Waals surface area contributed by atoms with E-state index in [4.69, 9.17) is 5.11 Å². The molecule has 0 amide bonds. The molecule has 1 aromatic carbocycles. The topological polar surface area (TPSA) is 86.7 Å². The number of nitrogens with one attached hydrogen (secondary N) is 1. The lowest BCUT2D eigenvalue weighted by atomic mass is 10.1. The van der Waals surface area contributed by atoms with E-state index in [-0.39, 0.29) is 17.4 Å². The van der Waals surface area contributed by atoms with Crippen LogP contribution in [-0.4, -0.2) is 50.1 Å². The summed E-state index contributed by atoms with van der Waals surface area (Å²) in [5.41, 5.74) is 0. The Hall–Kier alpha value is -1.51. The van der Waals surface area contributed by atoms with Crippen LogP contribution in [-0.2, 0) is 14.8 Å². The van der Waals surface area contributed by atoms with Crippen LogP contribution in [0, 0.1) is 5.82 Å². The van der Waals surface area contributed by atoms with E-state index in [1.54, 1.807) is 0 Å². The minimum Gasteiger partial charge on any atom is -0.481 e. The van der Waals surface area contributed by atoms with Crippen LogP contribution in [0.1, 0.15) is 25.7 Å². The molecular formula is C15H21FN2O4S. The summed E-state index contributed by atoms with van der Waals surface area (Å²) in [7, 11) is -3.75. The molecule has 1 aliphatic rings. The summed E-state index contributed by atoms with van der Waals surface area (Å²) in [6, 6.07) is 4.67. The number of aliphatic carboxylic acids is 1. The molecule has 2 N–H and O–H groups in total. The quantitative estimate of drug-likeness (QED) is 0.781. The van der Waals surface area contributed by atoms with E-state index in [1.807, 2.05) is 0 Å². The van der Waals surface area contributed by atoms with E-state index in [0.29, 0.717) is 25.9 Å². The third-order valence-corrected chi connectivity index (χ3v) is 5.32. The number of benzene rings is 1. The highest BCUT2D eigenvalue weighted by Gasteiger charge is 2.25. The van der Waals surface area contributed by atoms with Gasteiger partial charge < -0.3 is 10.0 Å². The SMILES string of the molecule is O=C(O)CCCN1CCCC(NS(=O)(=O)c2cccc(F)c2)C1. The molecule has 0 bridgehead atoms. The molecule has 0 saturated carbocycles. The molecule has 8 heteroatoms. The number of halogens is 1. The smallest absolute Gasteiger partial charge is 0.303 e. The molecule has 128 valence electrons. The largest absolute Gasteiger partial charge is 0.481 e. The van der Waals surface area contributed by atoms with Gasteiger partial charge in [0.05, 0.1) is 4.90 Å². The van der Waals surface area contributed by atoms with Crippen molar-refractivity contribution in [1.82, 2.24) is 9.62 Å². The Kier molecular flexibility index (Phi) is 6.09. The fourth-order valence-corrected chi connectivity index (χ4v) is 4.02. The molecule has 0 aliphatic carbocycles. The Balaban J connectivity index is 1.92. The van der Waals surface area contributed by atoms with E-state index >= 15 is 0 Å². The highest BCUT2D eigenvalue weighted by Crippen LogP contribution is 2.16. The van der Waals surface area contributed by atoms with E-state index in [0.717, 1.165) is 19.0 Å². The van der Waals surface area contributed by atoms with Gasteiger partial charge in [0.15, 0.2) is 0 Å². The van der Waals surface area contributed by atoms with Gasteiger partial charge in [0.1, 0.15) is 5.82 Å². The van der Waals surface area contributed by atoms with Crippen LogP contribution in [0.5, 0.6) is 0 Å². The van der Waals surface area contributed by atoms with Gasteiger partial charge in [-0.3, -0.25) is 4.79 Å². The molecular weight excluding hydrogens is 323 g/mol. The summed E-state index contributed by atoms with van der Waals surface area (Å²) in [5.74, 6) is -1.42. The van der Waals surface area contributed by atoms with Crippen LogP contribution in [0.25, 0.3) is 0 Å². The first-order chi connectivity index (χ1) is 10.9. The Bertz CT molecular complexity index is 651. The molecule has 0 spiro atoms. The minimum atomic E-state index is -3.75. The van der Waals surface area contributed by atoms with Crippen LogP contribution in [0.3, 0.4) is 0 Å². The van der Waals surface area contributed by atoms with Gasteiger partial charge in [-0.25, -0.2) is 17.5 Å².